The van der Waals surface area contributed by atoms with Gasteiger partial charge in [-0.05, 0) is 31.5 Å². The number of hydrogen-bond acceptors (Lipinski definition) is 7. The summed E-state index contributed by atoms with van der Waals surface area (Å²) in [6.07, 6.45) is 1.70. The molecule has 2 heterocycles. The van der Waals surface area contributed by atoms with E-state index in [0.717, 1.165) is 12.7 Å². The molecule has 0 spiro atoms. The first-order valence-electron chi connectivity index (χ1n) is 8.66. The minimum atomic E-state index is -3.69. The number of aryl methyl sites for hydroxylation is 1. The molecule has 1 amide bonds. The Morgan fingerprint density at radius 3 is 2.74 bits per heavy atom. The smallest absolute Gasteiger partial charge is 0.293 e. The van der Waals surface area contributed by atoms with Crippen molar-refractivity contribution in [2.45, 2.75) is 19.9 Å². The van der Waals surface area contributed by atoms with Crippen LogP contribution in [0.5, 0.6) is 0 Å². The second kappa shape index (κ2) is 7.28. The van der Waals surface area contributed by atoms with E-state index >= 15 is 0 Å². The van der Waals surface area contributed by atoms with Crippen LogP contribution in [0.4, 0.5) is 5.82 Å². The fraction of sp³-hybridized carbons (Fsp3) is 0.471. The standard InChI is InChI=1S/C17H22N4O5S/c1-3-21-14-8-12(16(23)19-27(2,25)26)4-5-13(14)18-15(17(21)24)20-7-6-11(9-20)10-22/h4-5,8,11,22H,3,6-7,9-10H2,1-2H3,(H,19,23)/t11-/m0/s1. The van der Waals surface area contributed by atoms with Crippen molar-refractivity contribution in [2.75, 3.05) is 30.9 Å². The highest BCUT2D eigenvalue weighted by molar-refractivity contribution is 7.89. The summed E-state index contributed by atoms with van der Waals surface area (Å²) >= 11 is 0. The number of aliphatic hydroxyl groups excluding tert-OH is 1. The lowest BCUT2D eigenvalue weighted by atomic mass is 10.1. The molecule has 1 aliphatic rings. The molecule has 3 rings (SSSR count). The molecule has 1 aromatic carbocycles. The van der Waals surface area contributed by atoms with Gasteiger partial charge < -0.3 is 14.6 Å². The van der Waals surface area contributed by atoms with Crippen LogP contribution < -0.4 is 15.2 Å². The van der Waals surface area contributed by atoms with Gasteiger partial charge in [-0.2, -0.15) is 0 Å². The first kappa shape index (κ1) is 19.3. The van der Waals surface area contributed by atoms with Crippen LogP contribution in [0.1, 0.15) is 23.7 Å². The van der Waals surface area contributed by atoms with Gasteiger partial charge in [-0.25, -0.2) is 18.1 Å². The van der Waals surface area contributed by atoms with Crippen LogP contribution in [0.15, 0.2) is 23.0 Å². The monoisotopic (exact) mass is 394 g/mol. The number of nitrogens with zero attached hydrogens (tertiary/aromatic N) is 3. The van der Waals surface area contributed by atoms with Gasteiger partial charge in [0.05, 0.1) is 17.3 Å². The number of benzene rings is 1. The molecule has 1 fully saturated rings. The number of amides is 1. The van der Waals surface area contributed by atoms with E-state index < -0.39 is 15.9 Å². The zero-order chi connectivity index (χ0) is 19.8. The van der Waals surface area contributed by atoms with Crippen LogP contribution >= 0.6 is 0 Å². The normalized spacial score (nSPS) is 17.4. The fourth-order valence-electron chi connectivity index (χ4n) is 3.29. The summed E-state index contributed by atoms with van der Waals surface area (Å²) in [4.78, 5) is 31.4. The van der Waals surface area contributed by atoms with Crippen molar-refractivity contribution in [1.29, 1.82) is 0 Å². The summed E-state index contributed by atoms with van der Waals surface area (Å²) in [7, 11) is -3.69. The molecule has 1 atom stereocenters. The second-order valence-electron chi connectivity index (χ2n) is 6.67. The molecule has 1 aliphatic heterocycles. The van der Waals surface area contributed by atoms with Gasteiger partial charge in [0.1, 0.15) is 0 Å². The van der Waals surface area contributed by atoms with Crippen LogP contribution in [0, 0.1) is 5.92 Å². The summed E-state index contributed by atoms with van der Waals surface area (Å²) in [5.41, 5.74) is 0.856. The molecule has 0 bridgehead atoms. The summed E-state index contributed by atoms with van der Waals surface area (Å²) in [5, 5.41) is 9.32. The van der Waals surface area contributed by atoms with Gasteiger partial charge in [-0.15, -0.1) is 0 Å². The summed E-state index contributed by atoms with van der Waals surface area (Å²) in [5.74, 6) is -0.309. The summed E-state index contributed by atoms with van der Waals surface area (Å²) in [6.45, 7) is 3.48. The molecule has 1 aromatic heterocycles. The lowest BCUT2D eigenvalue weighted by Crippen LogP contribution is -2.33. The van der Waals surface area contributed by atoms with Crippen molar-refractivity contribution >= 4 is 32.8 Å². The average Bonchev–Trinajstić information content (AvgIpc) is 3.08. The third-order valence-corrected chi connectivity index (χ3v) is 5.19. The third kappa shape index (κ3) is 3.96. The molecule has 9 nitrogen and oxygen atoms in total. The van der Waals surface area contributed by atoms with E-state index in [-0.39, 0.29) is 23.6 Å². The molecular weight excluding hydrogens is 372 g/mol. The number of aromatic nitrogens is 2. The number of anilines is 1. The van der Waals surface area contributed by atoms with Crippen LogP contribution in [-0.2, 0) is 16.6 Å². The lowest BCUT2D eigenvalue weighted by molar-refractivity contribution is 0.0981. The highest BCUT2D eigenvalue weighted by atomic mass is 32.2. The zero-order valence-corrected chi connectivity index (χ0v) is 16.0. The highest BCUT2D eigenvalue weighted by Crippen LogP contribution is 2.22. The number of hydrogen-bond donors (Lipinski definition) is 2. The molecule has 0 saturated carbocycles. The van der Waals surface area contributed by atoms with Crippen molar-refractivity contribution in [1.82, 2.24) is 14.3 Å². The van der Waals surface area contributed by atoms with Crippen LogP contribution in [0.3, 0.4) is 0 Å². The number of carbonyl (C=O) groups excluding carboxylic acids is 1. The van der Waals surface area contributed by atoms with Gasteiger partial charge in [0.2, 0.25) is 10.0 Å². The van der Waals surface area contributed by atoms with Crippen molar-refractivity contribution < 1.29 is 18.3 Å². The van der Waals surface area contributed by atoms with E-state index in [4.69, 9.17) is 0 Å². The maximum absolute atomic E-state index is 12.9. The number of carbonyl (C=O) groups is 1. The van der Waals surface area contributed by atoms with E-state index in [0.29, 0.717) is 36.5 Å². The molecular formula is C17H22N4O5S. The predicted octanol–water partition coefficient (Wildman–Crippen LogP) is -0.0756. The van der Waals surface area contributed by atoms with Crippen molar-refractivity contribution in [2.24, 2.45) is 5.92 Å². The zero-order valence-electron chi connectivity index (χ0n) is 15.2. The van der Waals surface area contributed by atoms with Crippen LogP contribution in [0.25, 0.3) is 11.0 Å². The Kier molecular flexibility index (Phi) is 5.20. The maximum atomic E-state index is 12.9. The molecule has 0 radical (unpaired) electrons. The van der Waals surface area contributed by atoms with Crippen LogP contribution in [0.2, 0.25) is 0 Å². The van der Waals surface area contributed by atoms with Gasteiger partial charge in [-0.3, -0.25) is 9.59 Å². The van der Waals surface area contributed by atoms with Crippen molar-refractivity contribution in [3.05, 3.63) is 34.1 Å². The van der Waals surface area contributed by atoms with Gasteiger partial charge in [0, 0.05) is 37.7 Å². The number of sulfonamides is 1. The molecule has 10 heteroatoms. The Balaban J connectivity index is 2.07. The Labute approximate surface area is 156 Å². The molecule has 0 unspecified atom stereocenters. The Bertz CT molecular complexity index is 1050. The summed E-state index contributed by atoms with van der Waals surface area (Å²) in [6, 6.07) is 4.55. The Morgan fingerprint density at radius 1 is 1.41 bits per heavy atom. The minimum absolute atomic E-state index is 0.0743. The number of nitrogens with one attached hydrogen (secondary N) is 1. The van der Waals surface area contributed by atoms with Gasteiger partial charge in [-0.1, -0.05) is 0 Å². The first-order valence-corrected chi connectivity index (χ1v) is 10.5. The number of fused-ring (bicyclic) bond motifs is 1. The van der Waals surface area contributed by atoms with E-state index in [1.165, 1.54) is 16.7 Å². The molecule has 1 saturated heterocycles. The van der Waals surface area contributed by atoms with Gasteiger partial charge in [0.25, 0.3) is 11.5 Å². The van der Waals surface area contributed by atoms with E-state index in [2.05, 4.69) is 4.98 Å². The van der Waals surface area contributed by atoms with Crippen LogP contribution in [-0.4, -0.2) is 54.9 Å². The van der Waals surface area contributed by atoms with Crippen molar-refractivity contribution in [3.63, 3.8) is 0 Å². The molecule has 146 valence electrons. The third-order valence-electron chi connectivity index (χ3n) is 4.63. The topological polar surface area (TPSA) is 122 Å². The second-order valence-corrected chi connectivity index (χ2v) is 8.42. The quantitative estimate of drug-likeness (QED) is 0.728. The van der Waals surface area contributed by atoms with Gasteiger partial charge >= 0.3 is 0 Å². The maximum Gasteiger partial charge on any atom is 0.293 e. The average molecular weight is 394 g/mol. The molecule has 2 aromatic rings. The largest absolute Gasteiger partial charge is 0.396 e. The molecule has 0 aliphatic carbocycles. The minimum Gasteiger partial charge on any atom is -0.396 e. The predicted molar refractivity (Wildman–Crippen MR) is 101 cm³/mol. The number of rotatable bonds is 5. The molecule has 27 heavy (non-hydrogen) atoms. The Morgan fingerprint density at radius 2 is 2.15 bits per heavy atom. The van der Waals surface area contributed by atoms with Gasteiger partial charge in [0.15, 0.2) is 5.82 Å². The molecule has 2 N–H and O–H groups in total. The van der Waals surface area contributed by atoms with Crippen molar-refractivity contribution in [3.8, 4) is 0 Å². The SMILES string of the molecule is CCn1c(=O)c(N2CC[C@H](CO)C2)nc2ccc(C(=O)NS(C)(=O)=O)cc21. The lowest BCUT2D eigenvalue weighted by Gasteiger charge is -2.19. The van der Waals surface area contributed by atoms with E-state index in [1.54, 1.807) is 6.07 Å². The highest BCUT2D eigenvalue weighted by Gasteiger charge is 2.26. The Hall–Kier alpha value is -2.46. The number of aliphatic hydroxyl groups is 1. The fourth-order valence-corrected chi connectivity index (χ4v) is 3.74. The first-order chi connectivity index (χ1) is 12.7. The van der Waals surface area contributed by atoms with E-state index in [9.17, 15) is 23.1 Å². The summed E-state index contributed by atoms with van der Waals surface area (Å²) < 4.78 is 26.0. The van der Waals surface area contributed by atoms with E-state index in [1.807, 2.05) is 16.5 Å².